The molecule has 0 radical (unpaired) electrons. The predicted molar refractivity (Wildman–Crippen MR) is 69.5 cm³/mol. The van der Waals surface area contributed by atoms with Gasteiger partial charge in [-0.3, -0.25) is 9.59 Å². The quantitative estimate of drug-likeness (QED) is 0.568. The van der Waals surface area contributed by atoms with Crippen molar-refractivity contribution in [3.63, 3.8) is 0 Å². The minimum atomic E-state index is -0.381. The zero-order valence-electron chi connectivity index (χ0n) is 10.2. The number of terminal acetylenes is 1. The number of carbonyl (C=O) groups is 2. The molecule has 1 saturated heterocycles. The maximum atomic E-state index is 12.0. The number of nitrogens with one attached hydrogen (secondary N) is 1. The van der Waals surface area contributed by atoms with Crippen molar-refractivity contribution in [2.24, 2.45) is 5.92 Å². The average Bonchev–Trinajstić information content (AvgIpc) is 2.28. The number of amides is 2. The summed E-state index contributed by atoms with van der Waals surface area (Å²) in [6, 6.07) is -0.381. The van der Waals surface area contributed by atoms with Gasteiger partial charge < -0.3 is 10.2 Å². The first kappa shape index (κ1) is 13.9. The van der Waals surface area contributed by atoms with E-state index in [9.17, 15) is 9.59 Å². The largest absolute Gasteiger partial charge is 0.343 e. The smallest absolute Gasteiger partial charge is 0.245 e. The lowest BCUT2D eigenvalue weighted by Gasteiger charge is -2.34. The van der Waals surface area contributed by atoms with Crippen molar-refractivity contribution in [3.05, 3.63) is 0 Å². The van der Waals surface area contributed by atoms with Crippen LogP contribution < -0.4 is 5.32 Å². The van der Waals surface area contributed by atoms with Crippen molar-refractivity contribution < 1.29 is 9.59 Å². The molecule has 0 spiro atoms. The van der Waals surface area contributed by atoms with Crippen molar-refractivity contribution in [2.75, 3.05) is 24.6 Å². The SMILES string of the molecule is C#CCSCCN1CC(=O)NC(C(C)C)C1=O. The number of hydrogen-bond acceptors (Lipinski definition) is 3. The Morgan fingerprint density at radius 3 is 2.88 bits per heavy atom. The summed E-state index contributed by atoms with van der Waals surface area (Å²) in [5, 5.41) is 2.73. The second-order valence-electron chi connectivity index (χ2n) is 4.31. The highest BCUT2D eigenvalue weighted by Crippen LogP contribution is 2.11. The van der Waals surface area contributed by atoms with Crippen molar-refractivity contribution in [3.8, 4) is 12.3 Å². The van der Waals surface area contributed by atoms with E-state index >= 15 is 0 Å². The van der Waals surface area contributed by atoms with Crippen LogP contribution >= 0.6 is 11.8 Å². The number of hydrogen-bond donors (Lipinski definition) is 1. The van der Waals surface area contributed by atoms with Gasteiger partial charge in [-0.05, 0) is 5.92 Å². The lowest BCUT2D eigenvalue weighted by molar-refractivity contribution is -0.145. The molecule has 17 heavy (non-hydrogen) atoms. The van der Waals surface area contributed by atoms with Crippen LogP contribution in [0.3, 0.4) is 0 Å². The molecule has 94 valence electrons. The molecular weight excluding hydrogens is 236 g/mol. The van der Waals surface area contributed by atoms with Gasteiger partial charge in [0.2, 0.25) is 11.8 Å². The maximum Gasteiger partial charge on any atom is 0.245 e. The molecule has 1 unspecified atom stereocenters. The first-order valence-electron chi connectivity index (χ1n) is 5.65. The van der Waals surface area contributed by atoms with Gasteiger partial charge in [-0.15, -0.1) is 18.2 Å². The van der Waals surface area contributed by atoms with Crippen LogP contribution in [0.25, 0.3) is 0 Å². The fraction of sp³-hybridized carbons (Fsp3) is 0.667. The molecule has 1 fully saturated rings. The molecule has 0 saturated carbocycles. The zero-order chi connectivity index (χ0) is 12.8. The molecular formula is C12H18N2O2S. The molecule has 0 aliphatic carbocycles. The van der Waals surface area contributed by atoms with E-state index in [2.05, 4.69) is 11.2 Å². The molecule has 0 bridgehead atoms. The Balaban J connectivity index is 2.50. The van der Waals surface area contributed by atoms with Crippen LogP contribution in [-0.2, 0) is 9.59 Å². The minimum absolute atomic E-state index is 0.0147. The van der Waals surface area contributed by atoms with E-state index in [1.807, 2.05) is 13.8 Å². The van der Waals surface area contributed by atoms with Crippen molar-refractivity contribution in [2.45, 2.75) is 19.9 Å². The van der Waals surface area contributed by atoms with Crippen molar-refractivity contribution >= 4 is 23.6 Å². The van der Waals surface area contributed by atoms with Gasteiger partial charge in [0, 0.05) is 12.3 Å². The Labute approximate surface area is 107 Å². The highest BCUT2D eigenvalue weighted by Gasteiger charge is 2.33. The number of carbonyl (C=O) groups excluding carboxylic acids is 2. The Hall–Kier alpha value is -1.15. The van der Waals surface area contributed by atoms with Crippen LogP contribution in [0.1, 0.15) is 13.8 Å². The zero-order valence-corrected chi connectivity index (χ0v) is 11.0. The Bertz CT molecular complexity index is 336. The van der Waals surface area contributed by atoms with Gasteiger partial charge in [0.1, 0.15) is 6.04 Å². The first-order valence-corrected chi connectivity index (χ1v) is 6.81. The Kier molecular flexibility index (Phi) is 5.36. The standard InChI is InChI=1S/C12H18N2O2S/c1-4-6-17-7-5-14-8-10(15)13-11(9(2)3)12(14)16/h1,9,11H,5-8H2,2-3H3,(H,13,15). The molecule has 2 amide bonds. The molecule has 1 N–H and O–H groups in total. The summed E-state index contributed by atoms with van der Waals surface area (Å²) in [6.07, 6.45) is 5.14. The molecule has 0 aromatic rings. The maximum absolute atomic E-state index is 12.0. The first-order chi connectivity index (χ1) is 8.06. The highest BCUT2D eigenvalue weighted by molar-refractivity contribution is 7.99. The van der Waals surface area contributed by atoms with Crippen LogP contribution in [0.2, 0.25) is 0 Å². The molecule has 0 aromatic carbocycles. The van der Waals surface area contributed by atoms with E-state index in [0.29, 0.717) is 12.3 Å². The van der Waals surface area contributed by atoms with E-state index in [-0.39, 0.29) is 30.3 Å². The van der Waals surface area contributed by atoms with E-state index in [1.54, 1.807) is 16.7 Å². The molecule has 1 aliphatic rings. The predicted octanol–water partition coefficient (Wildman–Crippen LogP) is 0.336. The van der Waals surface area contributed by atoms with Crippen LogP contribution in [-0.4, -0.2) is 47.4 Å². The monoisotopic (exact) mass is 254 g/mol. The van der Waals surface area contributed by atoms with Gasteiger partial charge in [0.25, 0.3) is 0 Å². The van der Waals surface area contributed by atoms with Gasteiger partial charge in [-0.2, -0.15) is 0 Å². The Morgan fingerprint density at radius 2 is 2.29 bits per heavy atom. The topological polar surface area (TPSA) is 49.4 Å². The van der Waals surface area contributed by atoms with Gasteiger partial charge in [-0.1, -0.05) is 19.8 Å². The molecule has 1 atom stereocenters. The lowest BCUT2D eigenvalue weighted by Crippen LogP contribution is -2.60. The van der Waals surface area contributed by atoms with Crippen molar-refractivity contribution in [1.29, 1.82) is 0 Å². The third-order valence-electron chi connectivity index (χ3n) is 2.59. The molecule has 5 heteroatoms. The molecule has 0 aromatic heterocycles. The van der Waals surface area contributed by atoms with E-state index in [0.717, 1.165) is 5.75 Å². The number of piperazine rings is 1. The van der Waals surface area contributed by atoms with Gasteiger partial charge >= 0.3 is 0 Å². The summed E-state index contributed by atoms with van der Waals surface area (Å²) in [7, 11) is 0. The van der Waals surface area contributed by atoms with Gasteiger partial charge in [-0.25, -0.2) is 0 Å². The second kappa shape index (κ2) is 6.55. The fourth-order valence-corrected chi connectivity index (χ4v) is 2.29. The van der Waals surface area contributed by atoms with Crippen LogP contribution in [0.5, 0.6) is 0 Å². The summed E-state index contributed by atoms with van der Waals surface area (Å²) in [4.78, 5) is 25.1. The normalized spacial score (nSPS) is 20.4. The third-order valence-corrected chi connectivity index (χ3v) is 3.43. The van der Waals surface area contributed by atoms with Crippen LogP contribution in [0, 0.1) is 18.3 Å². The fourth-order valence-electron chi connectivity index (χ4n) is 1.68. The number of thioether (sulfide) groups is 1. The summed E-state index contributed by atoms with van der Waals surface area (Å²) in [5.41, 5.74) is 0. The van der Waals surface area contributed by atoms with E-state index < -0.39 is 0 Å². The lowest BCUT2D eigenvalue weighted by atomic mass is 10.0. The highest BCUT2D eigenvalue weighted by atomic mass is 32.2. The number of rotatable bonds is 5. The summed E-state index contributed by atoms with van der Waals surface area (Å²) >= 11 is 1.60. The van der Waals surface area contributed by atoms with Crippen LogP contribution in [0.15, 0.2) is 0 Å². The van der Waals surface area contributed by atoms with Gasteiger partial charge in [0.15, 0.2) is 0 Å². The second-order valence-corrected chi connectivity index (χ2v) is 5.41. The third kappa shape index (κ3) is 3.97. The minimum Gasteiger partial charge on any atom is -0.343 e. The summed E-state index contributed by atoms with van der Waals surface area (Å²) in [5.74, 6) is 4.00. The molecule has 4 nitrogen and oxygen atoms in total. The van der Waals surface area contributed by atoms with E-state index in [1.165, 1.54) is 0 Å². The molecule has 1 heterocycles. The Morgan fingerprint density at radius 1 is 1.59 bits per heavy atom. The summed E-state index contributed by atoms with van der Waals surface area (Å²) < 4.78 is 0. The van der Waals surface area contributed by atoms with Crippen LogP contribution in [0.4, 0.5) is 0 Å². The average molecular weight is 254 g/mol. The van der Waals surface area contributed by atoms with Crippen molar-refractivity contribution in [1.82, 2.24) is 10.2 Å². The summed E-state index contributed by atoms with van der Waals surface area (Å²) in [6.45, 7) is 4.61. The molecule has 1 rings (SSSR count). The molecule has 1 aliphatic heterocycles. The number of nitrogens with zero attached hydrogens (tertiary/aromatic N) is 1. The van der Waals surface area contributed by atoms with Gasteiger partial charge in [0.05, 0.1) is 12.3 Å². The van der Waals surface area contributed by atoms with E-state index in [4.69, 9.17) is 6.42 Å².